The number of carbonyl (C=O) groups excluding carboxylic acids is 1. The van der Waals surface area contributed by atoms with Crippen molar-refractivity contribution < 1.29 is 4.79 Å². The maximum absolute atomic E-state index is 11.4. The van der Waals surface area contributed by atoms with Gasteiger partial charge in [0.2, 0.25) is 0 Å². The second-order valence-electron chi connectivity index (χ2n) is 2.91. The Kier molecular flexibility index (Phi) is 2.72. The minimum Gasteiger partial charge on any atom is -0.350 e. The Balaban J connectivity index is 1.77. The quantitative estimate of drug-likeness (QED) is 0.701. The zero-order valence-electron chi connectivity index (χ0n) is 7.92. The molecule has 2 N–H and O–H groups in total. The number of nitrogens with zero attached hydrogens (tertiary/aromatic N) is 4. The smallest absolute Gasteiger partial charge is 0.254 e. The van der Waals surface area contributed by atoms with E-state index in [-0.39, 0.29) is 5.91 Å². The number of rotatable bonds is 4. The molecule has 2 heterocycles. The van der Waals surface area contributed by atoms with Crippen LogP contribution in [0.4, 0.5) is 0 Å². The third kappa shape index (κ3) is 2.39. The van der Waals surface area contributed by atoms with Crippen LogP contribution >= 0.6 is 0 Å². The lowest BCUT2D eigenvalue weighted by Gasteiger charge is -2.02. The fourth-order valence-corrected chi connectivity index (χ4v) is 1.11. The number of nitrogens with one attached hydrogen (secondary N) is 2. The number of aromatic nitrogens is 5. The highest BCUT2D eigenvalue weighted by Crippen LogP contribution is 1.92. The molecule has 2 aromatic heterocycles. The molecule has 7 nitrogen and oxygen atoms in total. The van der Waals surface area contributed by atoms with E-state index in [2.05, 4.69) is 25.8 Å². The maximum atomic E-state index is 11.4. The predicted octanol–water partition coefficient (Wildman–Crippen LogP) is -0.569. The highest BCUT2D eigenvalue weighted by Gasteiger charge is 2.04. The highest BCUT2D eigenvalue weighted by molar-refractivity contribution is 5.93. The van der Waals surface area contributed by atoms with Crippen LogP contribution in [0, 0.1) is 0 Å². The average Bonchev–Trinajstić information content (AvgIpc) is 2.90. The third-order valence-corrected chi connectivity index (χ3v) is 1.86. The van der Waals surface area contributed by atoms with E-state index in [1.165, 1.54) is 6.20 Å². The van der Waals surface area contributed by atoms with Crippen LogP contribution in [0.3, 0.4) is 0 Å². The van der Waals surface area contributed by atoms with E-state index in [1.807, 2.05) is 0 Å². The van der Waals surface area contributed by atoms with Gasteiger partial charge in [-0.1, -0.05) is 5.21 Å². The summed E-state index contributed by atoms with van der Waals surface area (Å²) >= 11 is 0. The Bertz CT molecular complexity index is 406. The van der Waals surface area contributed by atoms with E-state index in [4.69, 9.17) is 0 Å². The molecule has 0 aromatic carbocycles. The standard InChI is InChI=1S/C8H10N6O/c15-8(7-5-11-12-6-7)9-1-3-14-4-2-10-13-14/h2,4-6H,1,3H2,(H,9,15)(H,11,12). The maximum Gasteiger partial charge on any atom is 0.254 e. The van der Waals surface area contributed by atoms with Crippen molar-refractivity contribution >= 4 is 5.91 Å². The molecule has 2 rings (SSSR count). The zero-order valence-corrected chi connectivity index (χ0v) is 7.92. The molecule has 0 unspecified atom stereocenters. The Morgan fingerprint density at radius 2 is 2.53 bits per heavy atom. The third-order valence-electron chi connectivity index (χ3n) is 1.86. The monoisotopic (exact) mass is 206 g/mol. The summed E-state index contributed by atoms with van der Waals surface area (Å²) in [5.41, 5.74) is 0.522. The number of H-pyrrole nitrogens is 1. The van der Waals surface area contributed by atoms with E-state index in [9.17, 15) is 4.79 Å². The van der Waals surface area contributed by atoms with E-state index in [0.29, 0.717) is 18.7 Å². The van der Waals surface area contributed by atoms with Crippen LogP contribution in [0.15, 0.2) is 24.8 Å². The fourth-order valence-electron chi connectivity index (χ4n) is 1.11. The average molecular weight is 206 g/mol. The molecular formula is C8H10N6O. The molecule has 0 aliphatic carbocycles. The molecule has 0 saturated carbocycles. The lowest BCUT2D eigenvalue weighted by Crippen LogP contribution is -2.27. The minimum absolute atomic E-state index is 0.149. The van der Waals surface area contributed by atoms with E-state index in [0.717, 1.165) is 0 Å². The van der Waals surface area contributed by atoms with Gasteiger partial charge in [0.1, 0.15) is 0 Å². The first-order chi connectivity index (χ1) is 7.36. The Hall–Kier alpha value is -2.18. The molecule has 0 fully saturated rings. The molecule has 0 bridgehead atoms. The molecule has 15 heavy (non-hydrogen) atoms. The van der Waals surface area contributed by atoms with Gasteiger partial charge in [-0.3, -0.25) is 14.6 Å². The lowest BCUT2D eigenvalue weighted by molar-refractivity contribution is 0.0952. The summed E-state index contributed by atoms with van der Waals surface area (Å²) in [6.45, 7) is 1.11. The van der Waals surface area contributed by atoms with E-state index >= 15 is 0 Å². The van der Waals surface area contributed by atoms with Crippen molar-refractivity contribution in [3.63, 3.8) is 0 Å². The molecule has 78 valence electrons. The molecule has 0 aliphatic heterocycles. The summed E-state index contributed by atoms with van der Waals surface area (Å²) in [5.74, 6) is -0.149. The van der Waals surface area contributed by atoms with Crippen molar-refractivity contribution in [3.8, 4) is 0 Å². The SMILES string of the molecule is O=C(NCCn1ccnn1)c1cn[nH]c1. The predicted molar refractivity (Wildman–Crippen MR) is 50.9 cm³/mol. The molecule has 0 spiro atoms. The van der Waals surface area contributed by atoms with Crippen molar-refractivity contribution in [2.75, 3.05) is 6.54 Å². The van der Waals surface area contributed by atoms with Crippen LogP contribution in [0.5, 0.6) is 0 Å². The number of hydrogen-bond acceptors (Lipinski definition) is 4. The number of hydrogen-bond donors (Lipinski definition) is 2. The number of carbonyl (C=O) groups is 1. The molecule has 0 atom stereocenters. The minimum atomic E-state index is -0.149. The molecule has 1 amide bonds. The van der Waals surface area contributed by atoms with Gasteiger partial charge in [0, 0.05) is 18.9 Å². The van der Waals surface area contributed by atoms with Crippen molar-refractivity contribution in [2.24, 2.45) is 0 Å². The Labute approximate surface area is 85.5 Å². The molecule has 2 aromatic rings. The van der Waals surface area contributed by atoms with Crippen LogP contribution in [-0.4, -0.2) is 37.6 Å². The van der Waals surface area contributed by atoms with Crippen molar-refractivity contribution in [1.82, 2.24) is 30.5 Å². The van der Waals surface area contributed by atoms with Crippen molar-refractivity contribution in [1.29, 1.82) is 0 Å². The molecule has 0 radical (unpaired) electrons. The first-order valence-electron chi connectivity index (χ1n) is 4.47. The van der Waals surface area contributed by atoms with Crippen LogP contribution in [0.25, 0.3) is 0 Å². The lowest BCUT2D eigenvalue weighted by atomic mass is 10.3. The molecule has 0 saturated heterocycles. The van der Waals surface area contributed by atoms with Gasteiger partial charge in [-0.15, -0.1) is 5.10 Å². The normalized spacial score (nSPS) is 10.1. The van der Waals surface area contributed by atoms with Gasteiger partial charge in [-0.25, -0.2) is 0 Å². The molecule has 0 aliphatic rings. The molecule has 7 heteroatoms. The summed E-state index contributed by atoms with van der Waals surface area (Å²) < 4.78 is 1.65. The van der Waals surface area contributed by atoms with Gasteiger partial charge in [0.15, 0.2) is 0 Å². The second kappa shape index (κ2) is 4.36. The summed E-state index contributed by atoms with van der Waals surface area (Å²) in [4.78, 5) is 11.4. The van der Waals surface area contributed by atoms with Crippen molar-refractivity contribution in [3.05, 3.63) is 30.4 Å². The number of amides is 1. The van der Waals surface area contributed by atoms with Gasteiger partial charge < -0.3 is 5.32 Å². The van der Waals surface area contributed by atoms with Crippen LogP contribution in [-0.2, 0) is 6.54 Å². The summed E-state index contributed by atoms with van der Waals surface area (Å²) in [5, 5.41) is 16.4. The number of aromatic amines is 1. The highest BCUT2D eigenvalue weighted by atomic mass is 16.1. The van der Waals surface area contributed by atoms with Gasteiger partial charge in [0.25, 0.3) is 5.91 Å². The largest absolute Gasteiger partial charge is 0.350 e. The summed E-state index contributed by atoms with van der Waals surface area (Å²) in [6, 6.07) is 0. The van der Waals surface area contributed by atoms with Gasteiger partial charge in [-0.05, 0) is 0 Å². The molecular weight excluding hydrogens is 196 g/mol. The van der Waals surface area contributed by atoms with Crippen LogP contribution in [0.1, 0.15) is 10.4 Å². The Morgan fingerprint density at radius 3 is 3.20 bits per heavy atom. The van der Waals surface area contributed by atoms with Gasteiger partial charge in [0.05, 0.1) is 24.5 Å². The summed E-state index contributed by atoms with van der Waals surface area (Å²) in [6.07, 6.45) is 6.36. The first kappa shape index (κ1) is 9.38. The van der Waals surface area contributed by atoms with Crippen molar-refractivity contribution in [2.45, 2.75) is 6.54 Å². The van der Waals surface area contributed by atoms with Gasteiger partial charge >= 0.3 is 0 Å². The second-order valence-corrected chi connectivity index (χ2v) is 2.91. The summed E-state index contributed by atoms with van der Waals surface area (Å²) in [7, 11) is 0. The fraction of sp³-hybridized carbons (Fsp3) is 0.250. The van der Waals surface area contributed by atoms with E-state index in [1.54, 1.807) is 23.3 Å². The van der Waals surface area contributed by atoms with Gasteiger partial charge in [-0.2, -0.15) is 5.10 Å². The topological polar surface area (TPSA) is 88.5 Å². The van der Waals surface area contributed by atoms with Crippen LogP contribution in [0.2, 0.25) is 0 Å². The van der Waals surface area contributed by atoms with E-state index < -0.39 is 0 Å². The first-order valence-corrected chi connectivity index (χ1v) is 4.47. The zero-order chi connectivity index (χ0) is 10.5. The Morgan fingerprint density at radius 1 is 1.60 bits per heavy atom. The van der Waals surface area contributed by atoms with Crippen LogP contribution < -0.4 is 5.32 Å².